The zero-order chi connectivity index (χ0) is 6.97. The van der Waals surface area contributed by atoms with Crippen molar-refractivity contribution in [1.82, 2.24) is 5.32 Å². The van der Waals surface area contributed by atoms with E-state index in [9.17, 15) is 0 Å². The molecule has 0 spiro atoms. The van der Waals surface area contributed by atoms with Gasteiger partial charge in [-0.15, -0.1) is 0 Å². The molecule has 0 radical (unpaired) electrons. The van der Waals surface area contributed by atoms with Gasteiger partial charge in [0, 0.05) is 10.6 Å². The Bertz CT molecular complexity index is 208. The highest BCUT2D eigenvalue weighted by atomic mass is 32.2. The number of nitrogens with two attached hydrogens (primary N) is 1. The van der Waals surface area contributed by atoms with Crippen molar-refractivity contribution in [3.05, 3.63) is 22.8 Å². The first-order valence-electron chi connectivity index (χ1n) is 3.45. The van der Waals surface area contributed by atoms with Gasteiger partial charge in [0.15, 0.2) is 0 Å². The first kappa shape index (κ1) is 6.31. The molecule has 2 aliphatic rings. The summed E-state index contributed by atoms with van der Waals surface area (Å²) in [6.07, 6.45) is 6.64. The Morgan fingerprint density at radius 3 is 3.40 bits per heavy atom. The second-order valence-corrected chi connectivity index (χ2v) is 3.65. The smallest absolute Gasteiger partial charge is 0.127 e. The molecule has 1 unspecified atom stereocenters. The van der Waals surface area contributed by atoms with Gasteiger partial charge in [0.25, 0.3) is 0 Å². The highest BCUT2D eigenvalue weighted by Crippen LogP contribution is 2.33. The second-order valence-electron chi connectivity index (χ2n) is 2.47. The topological polar surface area (TPSA) is 38.0 Å². The number of thioether (sulfide) groups is 1. The van der Waals surface area contributed by atoms with Crippen molar-refractivity contribution >= 4 is 11.8 Å². The third-order valence-corrected chi connectivity index (χ3v) is 2.71. The molecule has 2 rings (SSSR count). The molecule has 0 aromatic rings. The van der Waals surface area contributed by atoms with Crippen LogP contribution in [-0.4, -0.2) is 5.50 Å². The van der Waals surface area contributed by atoms with Crippen LogP contribution in [0.4, 0.5) is 0 Å². The van der Waals surface area contributed by atoms with Crippen LogP contribution in [0.3, 0.4) is 0 Å². The quantitative estimate of drug-likeness (QED) is 0.549. The minimum absolute atomic E-state index is 0.0905. The SMILES string of the molecule is NC1NC2=C(C=CCC2)S1. The predicted molar refractivity (Wildman–Crippen MR) is 44.1 cm³/mol. The van der Waals surface area contributed by atoms with E-state index in [2.05, 4.69) is 17.5 Å². The minimum Gasteiger partial charge on any atom is -0.364 e. The number of allylic oxidation sites excluding steroid dienone is 3. The molecule has 1 aliphatic carbocycles. The van der Waals surface area contributed by atoms with Crippen molar-refractivity contribution in [2.75, 3.05) is 0 Å². The number of nitrogens with one attached hydrogen (secondary N) is 1. The van der Waals surface area contributed by atoms with Gasteiger partial charge in [-0.1, -0.05) is 23.9 Å². The monoisotopic (exact) mass is 154 g/mol. The molecular formula is C7H10N2S. The zero-order valence-corrected chi connectivity index (χ0v) is 6.45. The Labute approximate surface area is 64.6 Å². The van der Waals surface area contributed by atoms with Crippen LogP contribution in [0, 0.1) is 0 Å². The minimum atomic E-state index is 0.0905. The molecule has 0 bridgehead atoms. The van der Waals surface area contributed by atoms with Gasteiger partial charge in [-0.05, 0) is 12.8 Å². The first-order chi connectivity index (χ1) is 4.86. The average Bonchev–Trinajstić information content (AvgIpc) is 2.27. The Morgan fingerprint density at radius 1 is 1.70 bits per heavy atom. The summed E-state index contributed by atoms with van der Waals surface area (Å²) in [5.74, 6) is 0. The van der Waals surface area contributed by atoms with Crippen LogP contribution < -0.4 is 11.1 Å². The fraction of sp³-hybridized carbons (Fsp3) is 0.429. The van der Waals surface area contributed by atoms with E-state index in [1.165, 1.54) is 10.6 Å². The maximum atomic E-state index is 5.67. The third kappa shape index (κ3) is 0.954. The van der Waals surface area contributed by atoms with Gasteiger partial charge in [0.2, 0.25) is 0 Å². The summed E-state index contributed by atoms with van der Waals surface area (Å²) in [6.45, 7) is 0. The molecule has 0 aromatic carbocycles. The first-order valence-corrected chi connectivity index (χ1v) is 4.33. The lowest BCUT2D eigenvalue weighted by molar-refractivity contribution is 0.737. The van der Waals surface area contributed by atoms with Crippen LogP contribution in [0.1, 0.15) is 12.8 Å². The Kier molecular flexibility index (Phi) is 1.47. The molecule has 0 saturated heterocycles. The molecule has 2 nitrogen and oxygen atoms in total. The molecule has 0 fully saturated rings. The molecule has 1 aliphatic heterocycles. The third-order valence-electron chi connectivity index (χ3n) is 1.70. The van der Waals surface area contributed by atoms with Crippen molar-refractivity contribution in [2.45, 2.75) is 18.3 Å². The Morgan fingerprint density at radius 2 is 2.60 bits per heavy atom. The fourth-order valence-electron chi connectivity index (χ4n) is 1.23. The van der Waals surface area contributed by atoms with Gasteiger partial charge < -0.3 is 11.1 Å². The molecule has 0 saturated carbocycles. The summed E-state index contributed by atoms with van der Waals surface area (Å²) < 4.78 is 0. The van der Waals surface area contributed by atoms with Gasteiger partial charge in [-0.25, -0.2) is 0 Å². The maximum absolute atomic E-state index is 5.67. The van der Waals surface area contributed by atoms with E-state index in [1.807, 2.05) is 0 Å². The van der Waals surface area contributed by atoms with Crippen molar-refractivity contribution in [3.8, 4) is 0 Å². The maximum Gasteiger partial charge on any atom is 0.127 e. The number of hydrogen-bond donors (Lipinski definition) is 2. The van der Waals surface area contributed by atoms with Crippen LogP contribution in [0.15, 0.2) is 22.8 Å². The van der Waals surface area contributed by atoms with E-state index in [4.69, 9.17) is 5.73 Å². The van der Waals surface area contributed by atoms with Crippen LogP contribution in [0.2, 0.25) is 0 Å². The Hall–Kier alpha value is -0.410. The summed E-state index contributed by atoms with van der Waals surface area (Å²) in [5.41, 5.74) is 7.09. The van der Waals surface area contributed by atoms with Crippen molar-refractivity contribution in [3.63, 3.8) is 0 Å². The predicted octanol–water partition coefficient (Wildman–Crippen LogP) is 1.13. The second kappa shape index (κ2) is 2.32. The van der Waals surface area contributed by atoms with Gasteiger partial charge in [-0.3, -0.25) is 0 Å². The van der Waals surface area contributed by atoms with Crippen LogP contribution in [0.5, 0.6) is 0 Å². The van der Waals surface area contributed by atoms with E-state index >= 15 is 0 Å². The van der Waals surface area contributed by atoms with Gasteiger partial charge in [0.1, 0.15) is 5.50 Å². The molecule has 10 heavy (non-hydrogen) atoms. The fourth-order valence-corrected chi connectivity index (χ4v) is 2.19. The van der Waals surface area contributed by atoms with Crippen molar-refractivity contribution in [1.29, 1.82) is 0 Å². The summed E-state index contributed by atoms with van der Waals surface area (Å²) in [6, 6.07) is 0. The highest BCUT2D eigenvalue weighted by Gasteiger charge is 2.19. The average molecular weight is 154 g/mol. The lowest BCUT2D eigenvalue weighted by atomic mass is 10.1. The standard InChI is InChI=1S/C7H10N2S/c8-7-9-5-3-1-2-4-6(5)10-7/h2,4,7,9H,1,3,8H2. The highest BCUT2D eigenvalue weighted by molar-refractivity contribution is 8.04. The summed E-state index contributed by atoms with van der Waals surface area (Å²) in [7, 11) is 0. The van der Waals surface area contributed by atoms with E-state index < -0.39 is 0 Å². The van der Waals surface area contributed by atoms with Crippen LogP contribution >= 0.6 is 11.8 Å². The Balaban J connectivity index is 2.21. The van der Waals surface area contributed by atoms with E-state index in [1.54, 1.807) is 11.8 Å². The van der Waals surface area contributed by atoms with Gasteiger partial charge in [-0.2, -0.15) is 0 Å². The van der Waals surface area contributed by atoms with Crippen LogP contribution in [-0.2, 0) is 0 Å². The molecule has 3 heteroatoms. The van der Waals surface area contributed by atoms with Crippen LogP contribution in [0.25, 0.3) is 0 Å². The molecule has 0 aromatic heterocycles. The summed E-state index contributed by atoms with van der Waals surface area (Å²) in [5, 5.41) is 3.22. The number of rotatable bonds is 0. The molecule has 1 atom stereocenters. The largest absolute Gasteiger partial charge is 0.364 e. The van der Waals surface area contributed by atoms with E-state index in [0.29, 0.717) is 0 Å². The molecule has 3 N–H and O–H groups in total. The lowest BCUT2D eigenvalue weighted by Crippen LogP contribution is -2.28. The molecule has 54 valence electrons. The normalized spacial score (nSPS) is 30.3. The molecule has 1 heterocycles. The molecule has 0 amide bonds. The lowest BCUT2D eigenvalue weighted by Gasteiger charge is -2.06. The van der Waals surface area contributed by atoms with Gasteiger partial charge >= 0.3 is 0 Å². The van der Waals surface area contributed by atoms with Crippen molar-refractivity contribution < 1.29 is 0 Å². The van der Waals surface area contributed by atoms with E-state index in [0.717, 1.165) is 12.8 Å². The van der Waals surface area contributed by atoms with Gasteiger partial charge in [0.05, 0.1) is 0 Å². The van der Waals surface area contributed by atoms with Crippen molar-refractivity contribution in [2.24, 2.45) is 5.73 Å². The summed E-state index contributed by atoms with van der Waals surface area (Å²) in [4.78, 5) is 1.33. The molecular weight excluding hydrogens is 144 g/mol. The number of hydrogen-bond acceptors (Lipinski definition) is 3. The zero-order valence-electron chi connectivity index (χ0n) is 5.63. The van der Waals surface area contributed by atoms with E-state index in [-0.39, 0.29) is 5.50 Å². The summed E-state index contributed by atoms with van der Waals surface area (Å²) >= 11 is 1.71.